The first-order chi connectivity index (χ1) is 7.02. The van der Waals surface area contributed by atoms with Gasteiger partial charge in [-0.1, -0.05) is 0 Å². The van der Waals surface area contributed by atoms with Crippen LogP contribution in [0.25, 0.3) is 0 Å². The van der Waals surface area contributed by atoms with E-state index in [0.717, 1.165) is 0 Å². The molecule has 0 radical (unpaired) electrons. The van der Waals surface area contributed by atoms with Crippen molar-refractivity contribution in [2.75, 3.05) is 19.0 Å². The highest BCUT2D eigenvalue weighted by molar-refractivity contribution is 6.28. The number of morpholine rings is 1. The van der Waals surface area contributed by atoms with Crippen LogP contribution in [0.2, 0.25) is 0 Å². The van der Waals surface area contributed by atoms with Crippen LogP contribution in [0.15, 0.2) is 0 Å². The highest BCUT2D eigenvalue weighted by Gasteiger charge is 2.26. The first-order valence-electron chi connectivity index (χ1n) is 4.83. The fraction of sp³-hybridized carbons (Fsp3) is 0.778. The van der Waals surface area contributed by atoms with Gasteiger partial charge in [0.1, 0.15) is 5.88 Å². The molecule has 1 heterocycles. The zero-order valence-corrected chi connectivity index (χ0v) is 9.58. The second-order valence-electron chi connectivity index (χ2n) is 3.65. The maximum absolute atomic E-state index is 11.5. The van der Waals surface area contributed by atoms with E-state index in [1.54, 1.807) is 4.90 Å². The molecule has 0 aromatic rings. The number of carbonyl (C=O) groups excluding carboxylic acids is 2. The van der Waals surface area contributed by atoms with Crippen LogP contribution in [0.5, 0.6) is 0 Å². The van der Waals surface area contributed by atoms with Gasteiger partial charge >= 0.3 is 6.03 Å². The first-order valence-corrected chi connectivity index (χ1v) is 5.36. The molecule has 1 aliphatic heterocycles. The predicted molar refractivity (Wildman–Crippen MR) is 55.8 cm³/mol. The maximum atomic E-state index is 11.5. The van der Waals surface area contributed by atoms with Crippen molar-refractivity contribution >= 4 is 23.5 Å². The molecule has 0 aromatic heterocycles. The van der Waals surface area contributed by atoms with Crippen molar-refractivity contribution in [3.8, 4) is 0 Å². The number of amides is 3. The Balaban J connectivity index is 2.48. The molecule has 1 rings (SSSR count). The van der Waals surface area contributed by atoms with Gasteiger partial charge in [-0.2, -0.15) is 0 Å². The number of alkyl halides is 1. The summed E-state index contributed by atoms with van der Waals surface area (Å²) in [6.07, 6.45) is -0.0174. The molecule has 86 valence electrons. The minimum Gasteiger partial charge on any atom is -0.372 e. The second kappa shape index (κ2) is 5.32. The lowest BCUT2D eigenvalue weighted by Crippen LogP contribution is -2.52. The molecule has 0 saturated carbocycles. The molecule has 0 aliphatic carbocycles. The molecule has 15 heavy (non-hydrogen) atoms. The summed E-state index contributed by atoms with van der Waals surface area (Å²) >= 11 is 5.28. The lowest BCUT2D eigenvalue weighted by Gasteiger charge is -2.34. The molecule has 0 spiro atoms. The number of hydrogen-bond acceptors (Lipinski definition) is 3. The van der Waals surface area contributed by atoms with Gasteiger partial charge in [-0.05, 0) is 13.8 Å². The molecule has 2 atom stereocenters. The van der Waals surface area contributed by atoms with Gasteiger partial charge in [0.2, 0.25) is 5.91 Å². The highest BCUT2D eigenvalue weighted by atomic mass is 35.5. The van der Waals surface area contributed by atoms with Crippen molar-refractivity contribution < 1.29 is 14.3 Å². The van der Waals surface area contributed by atoms with Gasteiger partial charge in [0, 0.05) is 13.1 Å². The number of carbonyl (C=O) groups is 2. The van der Waals surface area contributed by atoms with Crippen LogP contribution in [0.3, 0.4) is 0 Å². The number of urea groups is 1. The van der Waals surface area contributed by atoms with Crippen LogP contribution < -0.4 is 5.32 Å². The number of imide groups is 1. The second-order valence-corrected chi connectivity index (χ2v) is 3.92. The lowest BCUT2D eigenvalue weighted by molar-refractivity contribution is -0.118. The van der Waals surface area contributed by atoms with E-state index in [2.05, 4.69) is 5.32 Å². The Bertz CT molecular complexity index is 250. The van der Waals surface area contributed by atoms with Crippen LogP contribution in [0.1, 0.15) is 13.8 Å². The summed E-state index contributed by atoms with van der Waals surface area (Å²) in [5.74, 6) is -0.685. The SMILES string of the molecule is CC1CN(C(=O)NC(=O)CCl)CC(C)O1. The molecular weight excluding hydrogens is 220 g/mol. The van der Waals surface area contributed by atoms with E-state index < -0.39 is 11.9 Å². The Hall–Kier alpha value is -0.810. The fourth-order valence-electron chi connectivity index (χ4n) is 1.58. The topological polar surface area (TPSA) is 58.6 Å². The van der Waals surface area contributed by atoms with Gasteiger partial charge in [0.15, 0.2) is 0 Å². The third-order valence-electron chi connectivity index (χ3n) is 2.07. The first kappa shape index (κ1) is 12.3. The Morgan fingerprint density at radius 3 is 2.40 bits per heavy atom. The van der Waals surface area contributed by atoms with Gasteiger partial charge in [0.25, 0.3) is 0 Å². The fourth-order valence-corrected chi connectivity index (χ4v) is 1.64. The zero-order chi connectivity index (χ0) is 11.4. The molecule has 5 nitrogen and oxygen atoms in total. The molecule has 6 heteroatoms. The van der Waals surface area contributed by atoms with Crippen LogP contribution in [-0.4, -0.2) is 48.0 Å². The number of nitrogens with zero attached hydrogens (tertiary/aromatic N) is 1. The van der Waals surface area contributed by atoms with Gasteiger partial charge in [-0.25, -0.2) is 4.79 Å². The minimum atomic E-state index is -0.478. The van der Waals surface area contributed by atoms with Crippen LogP contribution in [-0.2, 0) is 9.53 Å². The third kappa shape index (κ3) is 3.68. The van der Waals surface area contributed by atoms with E-state index in [-0.39, 0.29) is 18.1 Å². The molecule has 1 N–H and O–H groups in total. The number of ether oxygens (including phenoxy) is 1. The van der Waals surface area contributed by atoms with Crippen molar-refractivity contribution in [1.29, 1.82) is 0 Å². The van der Waals surface area contributed by atoms with Crippen LogP contribution in [0, 0.1) is 0 Å². The minimum absolute atomic E-state index is 0.00870. The normalized spacial score (nSPS) is 26.2. The van der Waals surface area contributed by atoms with Gasteiger partial charge in [-0.15, -0.1) is 11.6 Å². The molecule has 0 bridgehead atoms. The number of rotatable bonds is 1. The molecule has 3 amide bonds. The van der Waals surface area contributed by atoms with Crippen LogP contribution in [0.4, 0.5) is 4.79 Å². The van der Waals surface area contributed by atoms with E-state index in [9.17, 15) is 9.59 Å². The Kier molecular flexibility index (Phi) is 4.35. The summed E-state index contributed by atoms with van der Waals surface area (Å²) in [6, 6.07) is -0.400. The van der Waals surface area contributed by atoms with E-state index in [0.29, 0.717) is 13.1 Å². The quantitative estimate of drug-likeness (QED) is 0.675. The lowest BCUT2D eigenvalue weighted by atomic mass is 10.2. The summed E-state index contributed by atoms with van der Waals surface area (Å²) in [5.41, 5.74) is 0. The zero-order valence-electron chi connectivity index (χ0n) is 8.83. The van der Waals surface area contributed by atoms with Gasteiger partial charge in [-0.3, -0.25) is 10.1 Å². The Morgan fingerprint density at radius 2 is 1.93 bits per heavy atom. The highest BCUT2D eigenvalue weighted by Crippen LogP contribution is 2.10. The van der Waals surface area contributed by atoms with Gasteiger partial charge < -0.3 is 9.64 Å². The number of nitrogens with one attached hydrogen (secondary N) is 1. The molecule has 1 saturated heterocycles. The smallest absolute Gasteiger partial charge is 0.324 e. The van der Waals surface area contributed by atoms with Crippen molar-refractivity contribution in [3.63, 3.8) is 0 Å². The molecule has 1 fully saturated rings. The summed E-state index contributed by atoms with van der Waals surface area (Å²) in [5, 5.41) is 2.20. The van der Waals surface area contributed by atoms with Crippen molar-refractivity contribution in [2.45, 2.75) is 26.1 Å². The number of hydrogen-bond donors (Lipinski definition) is 1. The summed E-state index contributed by atoms with van der Waals surface area (Å²) < 4.78 is 5.47. The van der Waals surface area contributed by atoms with E-state index >= 15 is 0 Å². The van der Waals surface area contributed by atoms with Crippen molar-refractivity contribution in [1.82, 2.24) is 10.2 Å². The molecular formula is C9H15ClN2O3. The summed E-state index contributed by atoms with van der Waals surface area (Å²) in [6.45, 7) is 4.76. The summed E-state index contributed by atoms with van der Waals surface area (Å²) in [4.78, 5) is 24.0. The summed E-state index contributed by atoms with van der Waals surface area (Å²) in [7, 11) is 0. The Labute approximate surface area is 93.7 Å². The van der Waals surface area contributed by atoms with Crippen molar-refractivity contribution in [2.24, 2.45) is 0 Å². The molecule has 2 unspecified atom stereocenters. The van der Waals surface area contributed by atoms with Crippen molar-refractivity contribution in [3.05, 3.63) is 0 Å². The van der Waals surface area contributed by atoms with E-state index in [1.165, 1.54) is 0 Å². The number of halogens is 1. The van der Waals surface area contributed by atoms with E-state index in [4.69, 9.17) is 16.3 Å². The Morgan fingerprint density at radius 1 is 1.40 bits per heavy atom. The molecule has 1 aliphatic rings. The monoisotopic (exact) mass is 234 g/mol. The van der Waals surface area contributed by atoms with Gasteiger partial charge in [0.05, 0.1) is 12.2 Å². The largest absolute Gasteiger partial charge is 0.372 e. The standard InChI is InChI=1S/C9H15ClN2O3/c1-6-4-12(5-7(2)15-6)9(14)11-8(13)3-10/h6-7H,3-5H2,1-2H3,(H,11,13,14). The molecule has 0 aromatic carbocycles. The predicted octanol–water partition coefficient (Wildman–Crippen LogP) is 0.571. The third-order valence-corrected chi connectivity index (χ3v) is 2.32. The average molecular weight is 235 g/mol. The van der Waals surface area contributed by atoms with E-state index in [1.807, 2.05) is 13.8 Å². The van der Waals surface area contributed by atoms with Crippen LogP contribution >= 0.6 is 11.6 Å². The maximum Gasteiger partial charge on any atom is 0.324 e. The average Bonchev–Trinajstić information content (AvgIpc) is 2.16.